The molecule has 0 atom stereocenters. The quantitative estimate of drug-likeness (QED) is 0.177. The molecule has 0 radical (unpaired) electrons. The Morgan fingerprint density at radius 1 is 0.435 bits per heavy atom. The smallest absolute Gasteiger partial charge is 0.0490 e. The molecule has 0 heterocycles. The van der Waals surface area contributed by atoms with Gasteiger partial charge in [0.1, 0.15) is 0 Å². The number of benzene rings is 6. The Morgan fingerprint density at radius 3 is 1.54 bits per heavy atom. The van der Waals surface area contributed by atoms with E-state index in [1.54, 1.807) is 0 Å². The lowest BCUT2D eigenvalue weighted by Gasteiger charge is -2.32. The van der Waals surface area contributed by atoms with Gasteiger partial charge in [-0.15, -0.1) is 0 Å². The first-order valence-corrected chi connectivity index (χ1v) is 17.3. The van der Waals surface area contributed by atoms with Crippen LogP contribution in [0.2, 0.25) is 0 Å². The predicted octanol–water partition coefficient (Wildman–Crippen LogP) is 12.8. The number of rotatable bonds is 7. The van der Waals surface area contributed by atoms with Crippen LogP contribution in [0.5, 0.6) is 0 Å². The summed E-state index contributed by atoms with van der Waals surface area (Å²) in [7, 11) is 0. The lowest BCUT2D eigenvalue weighted by atomic mass is 9.73. The van der Waals surface area contributed by atoms with E-state index >= 15 is 0 Å². The topological polar surface area (TPSA) is 3.24 Å². The van der Waals surface area contributed by atoms with Gasteiger partial charge in [0.15, 0.2) is 0 Å². The fourth-order valence-corrected chi connectivity index (χ4v) is 9.17. The van der Waals surface area contributed by atoms with Crippen LogP contribution in [0.3, 0.4) is 0 Å². The summed E-state index contributed by atoms with van der Waals surface area (Å²) in [5.74, 6) is 0. The van der Waals surface area contributed by atoms with Crippen LogP contribution in [-0.4, -0.2) is 0 Å². The fourth-order valence-electron chi connectivity index (χ4n) is 9.17. The third-order valence-corrected chi connectivity index (χ3v) is 11.7. The van der Waals surface area contributed by atoms with Gasteiger partial charge in [0.2, 0.25) is 0 Å². The van der Waals surface area contributed by atoms with E-state index in [4.69, 9.17) is 0 Å². The second kappa shape index (κ2) is 10.7. The first kappa shape index (κ1) is 28.8. The summed E-state index contributed by atoms with van der Waals surface area (Å²) in [6.07, 6.45) is 4.38. The zero-order chi connectivity index (χ0) is 31.6. The van der Waals surface area contributed by atoms with E-state index in [0.717, 1.165) is 25.7 Å². The van der Waals surface area contributed by atoms with E-state index in [1.807, 2.05) is 0 Å². The van der Waals surface area contributed by atoms with E-state index in [9.17, 15) is 0 Å². The van der Waals surface area contributed by atoms with E-state index in [2.05, 4.69) is 161 Å². The summed E-state index contributed by atoms with van der Waals surface area (Å²) in [5, 5.41) is 2.64. The van der Waals surface area contributed by atoms with Crippen LogP contribution in [0.1, 0.15) is 81.2 Å². The van der Waals surface area contributed by atoms with E-state index in [-0.39, 0.29) is 10.8 Å². The molecule has 2 aliphatic carbocycles. The highest BCUT2D eigenvalue weighted by Gasteiger charge is 2.42. The number of nitrogens with zero attached hydrogens (tertiary/aromatic N) is 1. The molecule has 8 rings (SSSR count). The molecule has 2 aliphatic rings. The Kier molecular flexibility index (Phi) is 6.73. The highest BCUT2D eigenvalue weighted by Crippen LogP contribution is 2.56. The molecule has 0 N–H and O–H groups in total. The minimum Gasteiger partial charge on any atom is -0.310 e. The highest BCUT2D eigenvalue weighted by atomic mass is 15.1. The van der Waals surface area contributed by atoms with Crippen LogP contribution >= 0.6 is 0 Å². The molecule has 0 bridgehead atoms. The number of hydrogen-bond acceptors (Lipinski definition) is 1. The monoisotopic (exact) mass is 597 g/mol. The summed E-state index contributed by atoms with van der Waals surface area (Å²) in [4.78, 5) is 2.50. The summed E-state index contributed by atoms with van der Waals surface area (Å²) in [5.41, 5.74) is 16.4. The van der Waals surface area contributed by atoms with Gasteiger partial charge in [0.25, 0.3) is 0 Å². The molecule has 1 heteroatoms. The first-order valence-electron chi connectivity index (χ1n) is 17.3. The van der Waals surface area contributed by atoms with Gasteiger partial charge in [-0.05, 0) is 136 Å². The first-order chi connectivity index (χ1) is 22.5. The van der Waals surface area contributed by atoms with Crippen molar-refractivity contribution in [3.63, 3.8) is 0 Å². The average Bonchev–Trinajstić information content (AvgIpc) is 3.54. The van der Waals surface area contributed by atoms with Crippen molar-refractivity contribution in [2.75, 3.05) is 4.90 Å². The van der Waals surface area contributed by atoms with Gasteiger partial charge in [-0.1, -0.05) is 107 Å². The van der Waals surface area contributed by atoms with Crippen molar-refractivity contribution >= 4 is 27.8 Å². The van der Waals surface area contributed by atoms with Crippen molar-refractivity contribution in [1.29, 1.82) is 0 Å². The van der Waals surface area contributed by atoms with Crippen molar-refractivity contribution in [1.82, 2.24) is 0 Å². The SMILES string of the molecule is CCC1(CC)c2ccccc2-c2cc(N(c3ccc4c(c3)-c3cc5ccccc5cc3C4(CC)CC)c3ccccc3C)ccc21. The standard InChI is InChI=1S/C45H43N/c1-6-44(7-2)39-20-14-13-19-35(39)37-28-33(22-24-40(37)44)46(43-21-15-10-16-30(43)5)34-23-25-41-38(29-34)36-26-31-17-11-12-18-32(31)27-42(36)45(41,8-3)9-4/h10-29H,6-9H2,1-5H3. The third kappa shape index (κ3) is 3.87. The van der Waals surface area contributed by atoms with Crippen LogP contribution < -0.4 is 4.90 Å². The lowest BCUT2D eigenvalue weighted by Crippen LogP contribution is -2.23. The number of hydrogen-bond donors (Lipinski definition) is 0. The molecule has 228 valence electrons. The van der Waals surface area contributed by atoms with Crippen molar-refractivity contribution in [3.8, 4) is 22.3 Å². The molecule has 0 saturated heterocycles. The molecule has 1 nitrogen and oxygen atoms in total. The largest absolute Gasteiger partial charge is 0.310 e. The molecule has 0 saturated carbocycles. The number of fused-ring (bicyclic) bond motifs is 7. The molecule has 0 aliphatic heterocycles. The van der Waals surface area contributed by atoms with Gasteiger partial charge in [0, 0.05) is 27.9 Å². The molecule has 0 aromatic heterocycles. The molecule has 0 unspecified atom stereocenters. The van der Waals surface area contributed by atoms with Crippen LogP contribution in [0.25, 0.3) is 33.0 Å². The maximum atomic E-state index is 2.50. The Bertz CT molecular complexity index is 2120. The van der Waals surface area contributed by atoms with Crippen LogP contribution in [-0.2, 0) is 10.8 Å². The normalized spacial score (nSPS) is 14.9. The summed E-state index contributed by atoms with van der Waals surface area (Å²) >= 11 is 0. The van der Waals surface area contributed by atoms with Crippen molar-refractivity contribution < 1.29 is 0 Å². The zero-order valence-electron chi connectivity index (χ0n) is 27.8. The third-order valence-electron chi connectivity index (χ3n) is 11.7. The molecule has 6 aromatic rings. The fraction of sp³-hybridized carbons (Fsp3) is 0.244. The predicted molar refractivity (Wildman–Crippen MR) is 197 cm³/mol. The van der Waals surface area contributed by atoms with Crippen LogP contribution in [0, 0.1) is 6.92 Å². The Hall–Kier alpha value is -4.62. The maximum absolute atomic E-state index is 2.50. The molecular weight excluding hydrogens is 555 g/mol. The number of anilines is 3. The van der Waals surface area contributed by atoms with Gasteiger partial charge in [-0.25, -0.2) is 0 Å². The summed E-state index contributed by atoms with van der Waals surface area (Å²) in [6.45, 7) is 11.7. The Balaban J connectivity index is 1.36. The van der Waals surface area contributed by atoms with E-state index in [0.29, 0.717) is 0 Å². The van der Waals surface area contributed by atoms with Gasteiger partial charge in [0.05, 0.1) is 0 Å². The number of para-hydroxylation sites is 1. The average molecular weight is 598 g/mol. The molecular formula is C45H43N. The summed E-state index contributed by atoms with van der Waals surface area (Å²) < 4.78 is 0. The Morgan fingerprint density at radius 2 is 0.913 bits per heavy atom. The van der Waals surface area contributed by atoms with Gasteiger partial charge in [-0.2, -0.15) is 0 Å². The summed E-state index contributed by atoms with van der Waals surface area (Å²) in [6, 6.07) is 46.2. The van der Waals surface area contributed by atoms with Crippen LogP contribution in [0.4, 0.5) is 17.1 Å². The van der Waals surface area contributed by atoms with E-state index < -0.39 is 0 Å². The second-order valence-electron chi connectivity index (χ2n) is 13.5. The molecule has 46 heavy (non-hydrogen) atoms. The number of aryl methyl sites for hydroxylation is 1. The Labute approximate surface area is 274 Å². The lowest BCUT2D eigenvalue weighted by molar-refractivity contribution is 0.490. The minimum absolute atomic E-state index is 0.0294. The highest BCUT2D eigenvalue weighted by molar-refractivity contribution is 5.95. The molecule has 0 fully saturated rings. The van der Waals surface area contributed by atoms with Gasteiger partial charge in [-0.3, -0.25) is 0 Å². The molecule has 0 amide bonds. The molecule has 6 aromatic carbocycles. The molecule has 0 spiro atoms. The van der Waals surface area contributed by atoms with E-state index in [1.165, 1.54) is 77.9 Å². The minimum atomic E-state index is 0.0294. The van der Waals surface area contributed by atoms with Crippen molar-refractivity contribution in [2.24, 2.45) is 0 Å². The maximum Gasteiger partial charge on any atom is 0.0490 e. The zero-order valence-corrected chi connectivity index (χ0v) is 27.8. The van der Waals surface area contributed by atoms with Gasteiger partial charge < -0.3 is 4.90 Å². The van der Waals surface area contributed by atoms with Gasteiger partial charge >= 0.3 is 0 Å². The van der Waals surface area contributed by atoms with Crippen molar-refractivity contribution in [2.45, 2.75) is 71.1 Å². The second-order valence-corrected chi connectivity index (χ2v) is 13.5. The van der Waals surface area contributed by atoms with Crippen LogP contribution in [0.15, 0.2) is 121 Å². The van der Waals surface area contributed by atoms with Crippen molar-refractivity contribution in [3.05, 3.63) is 149 Å².